The Bertz CT molecular complexity index is 1730. The lowest BCUT2D eigenvalue weighted by Crippen LogP contribution is -2.54. The second-order valence-electron chi connectivity index (χ2n) is 11.0. The van der Waals surface area contributed by atoms with Crippen molar-refractivity contribution in [3.05, 3.63) is 59.3 Å². The van der Waals surface area contributed by atoms with Crippen molar-refractivity contribution in [3.63, 3.8) is 0 Å². The van der Waals surface area contributed by atoms with E-state index in [-0.39, 0.29) is 58.9 Å². The normalized spacial score (nSPS) is 17.1. The number of carbonyl (C=O) groups excluding carboxylic acids is 2. The molecular formula is C29H32ClF3N10O3. The van der Waals surface area contributed by atoms with Gasteiger partial charge in [0.05, 0.1) is 41.2 Å². The van der Waals surface area contributed by atoms with E-state index < -0.39 is 11.9 Å². The molecule has 0 saturated carbocycles. The maximum absolute atomic E-state index is 13.9. The molecule has 0 aliphatic carbocycles. The summed E-state index contributed by atoms with van der Waals surface area (Å²) in [6.45, 7) is 3.56. The lowest BCUT2D eigenvalue weighted by molar-refractivity contribution is -0.141. The van der Waals surface area contributed by atoms with Gasteiger partial charge in [-0.25, -0.2) is 14.8 Å². The standard InChI is InChI=1S/C29H32ClF3N10O3/c1-46-13-12-42-17-21(24(39-42)29(31,32)33)23-16-36-26-25(35-6-7-43(23)26)37-18-2-3-20(22(30)14-18)27(44)40-8-10-41(11-9-40)28(45)38-19-4-5-34-15-19/h2-3,6-7,14,16-17,19,34H,4-5,8-13,15H2,1H3,(H,35,37)(H,38,45)/t19-/m0/s1. The molecule has 6 rings (SSSR count). The number of carbonyl (C=O) groups is 2. The van der Waals surface area contributed by atoms with Gasteiger partial charge in [-0.1, -0.05) is 11.6 Å². The quantitative estimate of drug-likeness (QED) is 0.262. The summed E-state index contributed by atoms with van der Waals surface area (Å²) in [5.74, 6) is 0.0215. The lowest BCUT2D eigenvalue weighted by atomic mass is 10.1. The smallest absolute Gasteiger partial charge is 0.383 e. The van der Waals surface area contributed by atoms with Crippen LogP contribution in [-0.4, -0.2) is 105 Å². The number of imidazole rings is 1. The summed E-state index contributed by atoms with van der Waals surface area (Å²) in [4.78, 5) is 37.9. The van der Waals surface area contributed by atoms with Crippen LogP contribution in [0.5, 0.6) is 0 Å². The largest absolute Gasteiger partial charge is 0.435 e. The molecule has 3 amide bonds. The Hall–Kier alpha value is -4.41. The Labute approximate surface area is 266 Å². The summed E-state index contributed by atoms with van der Waals surface area (Å²) < 4.78 is 49.3. The number of halogens is 4. The molecule has 2 saturated heterocycles. The fourth-order valence-electron chi connectivity index (χ4n) is 5.55. The van der Waals surface area contributed by atoms with E-state index in [0.717, 1.165) is 19.5 Å². The minimum Gasteiger partial charge on any atom is -0.383 e. The highest BCUT2D eigenvalue weighted by Gasteiger charge is 2.38. The van der Waals surface area contributed by atoms with Crippen LogP contribution < -0.4 is 16.0 Å². The summed E-state index contributed by atoms with van der Waals surface area (Å²) in [7, 11) is 1.46. The van der Waals surface area contributed by atoms with E-state index in [1.54, 1.807) is 28.0 Å². The number of rotatable bonds is 8. The molecule has 0 spiro atoms. The molecule has 244 valence electrons. The predicted octanol–water partition coefficient (Wildman–Crippen LogP) is 3.48. The molecule has 2 fully saturated rings. The highest BCUT2D eigenvalue weighted by molar-refractivity contribution is 6.34. The number of amides is 3. The number of fused-ring (bicyclic) bond motifs is 1. The Morgan fingerprint density at radius 2 is 1.93 bits per heavy atom. The zero-order valence-electron chi connectivity index (χ0n) is 24.8. The monoisotopic (exact) mass is 660 g/mol. The molecule has 1 atom stereocenters. The summed E-state index contributed by atoms with van der Waals surface area (Å²) in [6, 6.07) is 4.83. The van der Waals surface area contributed by atoms with Gasteiger partial charge in [0.2, 0.25) is 0 Å². The van der Waals surface area contributed by atoms with Crippen LogP contribution in [0.15, 0.2) is 43.0 Å². The van der Waals surface area contributed by atoms with Gasteiger partial charge < -0.3 is 30.5 Å². The van der Waals surface area contributed by atoms with Gasteiger partial charge in [0, 0.05) is 70.2 Å². The van der Waals surface area contributed by atoms with E-state index in [2.05, 4.69) is 31.0 Å². The number of nitrogens with zero attached hydrogens (tertiary/aromatic N) is 7. The second-order valence-corrected chi connectivity index (χ2v) is 11.4. The molecule has 1 aromatic carbocycles. The average molecular weight is 661 g/mol. The third-order valence-electron chi connectivity index (χ3n) is 7.96. The van der Waals surface area contributed by atoms with Crippen LogP contribution in [0.3, 0.4) is 0 Å². The van der Waals surface area contributed by atoms with E-state index in [4.69, 9.17) is 16.3 Å². The molecule has 13 nitrogen and oxygen atoms in total. The lowest BCUT2D eigenvalue weighted by Gasteiger charge is -2.35. The van der Waals surface area contributed by atoms with Crippen molar-refractivity contribution >= 4 is 40.7 Å². The molecule has 2 aliphatic heterocycles. The predicted molar refractivity (Wildman–Crippen MR) is 163 cm³/mol. The first-order valence-electron chi connectivity index (χ1n) is 14.7. The molecule has 5 heterocycles. The molecule has 4 aromatic rings. The Morgan fingerprint density at radius 3 is 2.63 bits per heavy atom. The number of piperazine rings is 1. The molecule has 3 aromatic heterocycles. The summed E-state index contributed by atoms with van der Waals surface area (Å²) in [5, 5.41) is 13.3. The second kappa shape index (κ2) is 13.1. The molecule has 17 heteroatoms. The van der Waals surface area contributed by atoms with Gasteiger partial charge in [0.1, 0.15) is 0 Å². The zero-order valence-corrected chi connectivity index (χ0v) is 25.6. The van der Waals surface area contributed by atoms with Crippen LogP contribution in [0.2, 0.25) is 5.02 Å². The van der Waals surface area contributed by atoms with E-state index in [1.165, 1.54) is 41.0 Å². The molecule has 0 radical (unpaired) electrons. The SMILES string of the molecule is COCCn1cc(-c2cnc3c(Nc4ccc(C(=O)N5CCN(C(=O)N[C@H]6CCNC6)CC5)c(Cl)c4)nccn23)c(C(F)(F)F)n1. The molecule has 3 N–H and O–H groups in total. The number of hydrogen-bond donors (Lipinski definition) is 3. The number of aromatic nitrogens is 5. The molecule has 0 unspecified atom stereocenters. The first kappa shape index (κ1) is 31.6. The topological polar surface area (TPSA) is 134 Å². The van der Waals surface area contributed by atoms with Crippen LogP contribution in [0, 0.1) is 0 Å². The average Bonchev–Trinajstić information content (AvgIpc) is 3.80. The van der Waals surface area contributed by atoms with Crippen LogP contribution in [0.25, 0.3) is 16.9 Å². The Kier molecular flexibility index (Phi) is 9.02. The summed E-state index contributed by atoms with van der Waals surface area (Å²) >= 11 is 6.55. The number of nitrogens with one attached hydrogen (secondary N) is 3. The Balaban J connectivity index is 1.15. The molecule has 2 aliphatic rings. The van der Waals surface area contributed by atoms with Gasteiger partial charge in [-0.05, 0) is 31.2 Å². The van der Waals surface area contributed by atoms with Gasteiger partial charge in [0.25, 0.3) is 5.91 Å². The number of alkyl halides is 3. The van der Waals surface area contributed by atoms with E-state index in [9.17, 15) is 22.8 Å². The van der Waals surface area contributed by atoms with Crippen LogP contribution in [0.4, 0.5) is 29.5 Å². The number of benzene rings is 1. The van der Waals surface area contributed by atoms with Gasteiger partial charge in [0.15, 0.2) is 17.2 Å². The number of hydrogen-bond acceptors (Lipinski definition) is 8. The van der Waals surface area contributed by atoms with Crippen molar-refractivity contribution in [2.75, 3.05) is 58.3 Å². The minimum absolute atomic E-state index is 0.120. The number of anilines is 2. The maximum atomic E-state index is 13.9. The maximum Gasteiger partial charge on any atom is 0.435 e. The Morgan fingerprint density at radius 1 is 1.15 bits per heavy atom. The van der Waals surface area contributed by atoms with E-state index in [1.807, 2.05) is 0 Å². The highest BCUT2D eigenvalue weighted by atomic mass is 35.5. The molecule has 46 heavy (non-hydrogen) atoms. The molecular weight excluding hydrogens is 629 g/mol. The van der Waals surface area contributed by atoms with Crippen molar-refractivity contribution < 1.29 is 27.5 Å². The van der Waals surface area contributed by atoms with Crippen molar-refractivity contribution in [1.82, 2.24) is 44.6 Å². The van der Waals surface area contributed by atoms with Crippen molar-refractivity contribution in [2.45, 2.75) is 25.2 Å². The summed E-state index contributed by atoms with van der Waals surface area (Å²) in [6.07, 6.45) is 1.81. The summed E-state index contributed by atoms with van der Waals surface area (Å²) in [5.41, 5.74) is 0.0996. The number of methoxy groups -OCH3 is 1. The first-order chi connectivity index (χ1) is 22.1. The van der Waals surface area contributed by atoms with Gasteiger partial charge in [-0.2, -0.15) is 18.3 Å². The van der Waals surface area contributed by atoms with Crippen LogP contribution >= 0.6 is 11.6 Å². The third-order valence-corrected chi connectivity index (χ3v) is 8.28. The van der Waals surface area contributed by atoms with Gasteiger partial charge in [-0.15, -0.1) is 0 Å². The van der Waals surface area contributed by atoms with E-state index >= 15 is 0 Å². The minimum atomic E-state index is -4.68. The van der Waals surface area contributed by atoms with Crippen molar-refractivity contribution in [2.24, 2.45) is 0 Å². The van der Waals surface area contributed by atoms with Crippen LogP contribution in [-0.2, 0) is 17.5 Å². The molecule has 0 bridgehead atoms. The van der Waals surface area contributed by atoms with Gasteiger partial charge >= 0.3 is 12.2 Å². The highest BCUT2D eigenvalue weighted by Crippen LogP contribution is 2.37. The fourth-order valence-corrected chi connectivity index (χ4v) is 5.82. The van der Waals surface area contributed by atoms with Crippen molar-refractivity contribution in [3.8, 4) is 11.3 Å². The van der Waals surface area contributed by atoms with E-state index in [0.29, 0.717) is 37.4 Å². The fraction of sp³-hybridized carbons (Fsp3) is 0.414. The van der Waals surface area contributed by atoms with Crippen molar-refractivity contribution in [1.29, 1.82) is 0 Å². The first-order valence-corrected chi connectivity index (χ1v) is 15.1. The zero-order chi connectivity index (χ0) is 32.4. The number of urea groups is 1. The number of ether oxygens (including phenoxy) is 1. The third kappa shape index (κ3) is 6.59. The van der Waals surface area contributed by atoms with Crippen LogP contribution in [0.1, 0.15) is 22.5 Å². The van der Waals surface area contributed by atoms with Gasteiger partial charge in [-0.3, -0.25) is 13.9 Å².